The molecule has 1 aromatic carbocycles. The Labute approximate surface area is 116 Å². The molecule has 1 fully saturated rings. The molecule has 96 valence electrons. The van der Waals surface area contributed by atoms with Gasteiger partial charge in [-0.05, 0) is 23.4 Å². The van der Waals surface area contributed by atoms with Gasteiger partial charge in [-0.1, -0.05) is 30.3 Å². The van der Waals surface area contributed by atoms with Crippen LogP contribution in [0.3, 0.4) is 0 Å². The molecule has 0 atom stereocenters. The molecule has 0 spiro atoms. The zero-order valence-electron chi connectivity index (χ0n) is 9.51. The van der Waals surface area contributed by atoms with Crippen LogP contribution in [0.15, 0.2) is 35.2 Å². The lowest BCUT2D eigenvalue weighted by Gasteiger charge is -2.09. The Morgan fingerprint density at radius 2 is 1.89 bits per heavy atom. The molecule has 1 aliphatic rings. The maximum Gasteiger partial charge on any atom is 0.293 e. The number of halogens is 1. The lowest BCUT2D eigenvalue weighted by Crippen LogP contribution is -3.00. The first-order valence-electron chi connectivity index (χ1n) is 5.23. The molecule has 0 bridgehead atoms. The van der Waals surface area contributed by atoms with Crippen LogP contribution in [0.1, 0.15) is 5.56 Å². The fraction of sp³-hybridized carbons (Fsp3) is 0.167. The van der Waals surface area contributed by atoms with Gasteiger partial charge in [0.1, 0.15) is 0 Å². The van der Waals surface area contributed by atoms with Crippen molar-refractivity contribution in [2.45, 2.75) is 0 Å². The van der Waals surface area contributed by atoms with Crippen molar-refractivity contribution in [2.24, 2.45) is 5.73 Å². The summed E-state index contributed by atoms with van der Waals surface area (Å²) < 4.78 is 0. The molecular formula is C12H12ClN2O2S-. The lowest BCUT2D eigenvalue weighted by atomic mass is 10.2. The van der Waals surface area contributed by atoms with E-state index in [1.54, 1.807) is 6.08 Å². The monoisotopic (exact) mass is 283 g/mol. The first kappa shape index (κ1) is 14.8. The van der Waals surface area contributed by atoms with Crippen LogP contribution in [-0.2, 0) is 4.79 Å². The van der Waals surface area contributed by atoms with Gasteiger partial charge in [0.15, 0.2) is 0 Å². The molecular weight excluding hydrogens is 272 g/mol. The van der Waals surface area contributed by atoms with Crippen molar-refractivity contribution in [3.8, 4) is 0 Å². The summed E-state index contributed by atoms with van der Waals surface area (Å²) >= 11 is 0.960. The van der Waals surface area contributed by atoms with Crippen LogP contribution in [-0.4, -0.2) is 29.1 Å². The number of amides is 2. The molecule has 1 aromatic rings. The summed E-state index contributed by atoms with van der Waals surface area (Å²) in [4.78, 5) is 25.1. The minimum Gasteiger partial charge on any atom is -1.00 e. The Morgan fingerprint density at radius 3 is 2.50 bits per heavy atom. The minimum absolute atomic E-state index is 0. The van der Waals surface area contributed by atoms with Gasteiger partial charge in [-0.3, -0.25) is 14.5 Å². The summed E-state index contributed by atoms with van der Waals surface area (Å²) in [6, 6.07) is 9.44. The van der Waals surface area contributed by atoms with E-state index in [9.17, 15) is 9.59 Å². The molecule has 2 N–H and O–H groups in total. The van der Waals surface area contributed by atoms with E-state index >= 15 is 0 Å². The fourth-order valence-corrected chi connectivity index (χ4v) is 2.39. The van der Waals surface area contributed by atoms with Crippen molar-refractivity contribution in [2.75, 3.05) is 13.1 Å². The zero-order valence-corrected chi connectivity index (χ0v) is 11.1. The lowest BCUT2D eigenvalue weighted by molar-refractivity contribution is -0.122. The average molecular weight is 284 g/mol. The Hall–Kier alpha value is -1.30. The van der Waals surface area contributed by atoms with Crippen LogP contribution >= 0.6 is 11.8 Å². The van der Waals surface area contributed by atoms with Gasteiger partial charge >= 0.3 is 0 Å². The van der Waals surface area contributed by atoms with Crippen LogP contribution < -0.4 is 18.1 Å². The molecule has 1 heterocycles. The molecule has 0 radical (unpaired) electrons. The summed E-state index contributed by atoms with van der Waals surface area (Å²) in [5, 5.41) is -0.248. The predicted molar refractivity (Wildman–Crippen MR) is 68.2 cm³/mol. The first-order valence-corrected chi connectivity index (χ1v) is 6.04. The summed E-state index contributed by atoms with van der Waals surface area (Å²) in [7, 11) is 0. The van der Waals surface area contributed by atoms with E-state index in [1.165, 1.54) is 4.90 Å². The van der Waals surface area contributed by atoms with Crippen LogP contribution in [0.25, 0.3) is 6.08 Å². The first-order chi connectivity index (χ1) is 8.22. The Morgan fingerprint density at radius 1 is 1.22 bits per heavy atom. The van der Waals surface area contributed by atoms with E-state index in [0.29, 0.717) is 4.91 Å². The third kappa shape index (κ3) is 3.13. The quantitative estimate of drug-likeness (QED) is 0.700. The van der Waals surface area contributed by atoms with Crippen LogP contribution in [0, 0.1) is 0 Å². The number of carbonyl (C=O) groups excluding carboxylic acids is 2. The molecule has 1 saturated heterocycles. The fourth-order valence-electron chi connectivity index (χ4n) is 1.52. The molecule has 2 amide bonds. The largest absolute Gasteiger partial charge is 1.00 e. The predicted octanol–water partition coefficient (Wildman–Crippen LogP) is -1.31. The number of imide groups is 1. The van der Waals surface area contributed by atoms with Gasteiger partial charge in [-0.25, -0.2) is 0 Å². The van der Waals surface area contributed by atoms with E-state index in [4.69, 9.17) is 5.73 Å². The van der Waals surface area contributed by atoms with E-state index in [-0.39, 0.29) is 36.6 Å². The smallest absolute Gasteiger partial charge is 0.293 e. The number of nitrogens with two attached hydrogens (primary N) is 1. The molecule has 4 nitrogen and oxygen atoms in total. The number of hydrogen-bond acceptors (Lipinski definition) is 4. The molecule has 1 aliphatic heterocycles. The van der Waals surface area contributed by atoms with E-state index in [0.717, 1.165) is 17.3 Å². The number of thioether (sulfide) groups is 1. The van der Waals surface area contributed by atoms with Crippen LogP contribution in [0.2, 0.25) is 0 Å². The standard InChI is InChI=1S/C12H12N2O2S.ClH/c13-6-7-14-11(15)10(17-12(14)16)8-9-4-2-1-3-5-9;/h1-5,8H,6-7,13H2;1H/p-1/b10-8-;. The molecule has 0 unspecified atom stereocenters. The van der Waals surface area contributed by atoms with Crippen LogP contribution in [0.5, 0.6) is 0 Å². The van der Waals surface area contributed by atoms with Crippen molar-refractivity contribution >= 4 is 29.0 Å². The SMILES string of the molecule is NCCN1C(=O)S/C(=C\c2ccccc2)C1=O.[Cl-]. The number of carbonyl (C=O) groups is 2. The molecule has 2 rings (SSSR count). The Balaban J connectivity index is 0.00000162. The second-order valence-corrected chi connectivity index (χ2v) is 4.53. The highest BCUT2D eigenvalue weighted by Gasteiger charge is 2.34. The Kier molecular flexibility index (Phi) is 5.40. The van der Waals surface area contributed by atoms with E-state index in [2.05, 4.69) is 0 Å². The summed E-state index contributed by atoms with van der Waals surface area (Å²) in [6.07, 6.45) is 1.72. The van der Waals surface area contributed by atoms with Gasteiger partial charge in [0, 0.05) is 13.1 Å². The highest BCUT2D eigenvalue weighted by molar-refractivity contribution is 8.18. The highest BCUT2D eigenvalue weighted by Crippen LogP contribution is 2.31. The van der Waals surface area contributed by atoms with Crippen LogP contribution in [0.4, 0.5) is 4.79 Å². The van der Waals surface area contributed by atoms with Gasteiger partial charge in [-0.15, -0.1) is 0 Å². The maximum absolute atomic E-state index is 11.9. The second-order valence-electron chi connectivity index (χ2n) is 3.53. The van der Waals surface area contributed by atoms with Gasteiger partial charge in [0.05, 0.1) is 4.91 Å². The number of benzene rings is 1. The molecule has 0 saturated carbocycles. The van der Waals surface area contributed by atoms with Gasteiger partial charge in [-0.2, -0.15) is 0 Å². The minimum atomic E-state index is -0.255. The average Bonchev–Trinajstić information content (AvgIpc) is 2.59. The highest BCUT2D eigenvalue weighted by atomic mass is 35.5. The number of hydrogen-bond donors (Lipinski definition) is 1. The van der Waals surface area contributed by atoms with E-state index < -0.39 is 0 Å². The molecule has 0 aliphatic carbocycles. The van der Waals surface area contributed by atoms with Crippen molar-refractivity contribution in [3.63, 3.8) is 0 Å². The molecule has 0 aromatic heterocycles. The van der Waals surface area contributed by atoms with Crippen molar-refractivity contribution in [3.05, 3.63) is 40.8 Å². The zero-order chi connectivity index (χ0) is 12.3. The van der Waals surface area contributed by atoms with E-state index in [1.807, 2.05) is 30.3 Å². The topological polar surface area (TPSA) is 63.4 Å². The summed E-state index contributed by atoms with van der Waals surface area (Å²) in [5.74, 6) is -0.255. The van der Waals surface area contributed by atoms with Gasteiger partial charge in [0.2, 0.25) is 0 Å². The number of nitrogens with zero attached hydrogens (tertiary/aromatic N) is 1. The maximum atomic E-state index is 11.9. The van der Waals surface area contributed by atoms with Gasteiger partial charge in [0.25, 0.3) is 11.1 Å². The normalized spacial score (nSPS) is 17.2. The molecule has 6 heteroatoms. The summed E-state index contributed by atoms with van der Waals surface area (Å²) in [6.45, 7) is 0.563. The second kappa shape index (κ2) is 6.58. The van der Waals surface area contributed by atoms with Crippen molar-refractivity contribution in [1.29, 1.82) is 0 Å². The van der Waals surface area contributed by atoms with Crippen molar-refractivity contribution < 1.29 is 22.0 Å². The third-order valence-corrected chi connectivity index (χ3v) is 3.23. The Bertz CT molecular complexity index is 476. The number of rotatable bonds is 3. The molecule has 18 heavy (non-hydrogen) atoms. The summed E-state index contributed by atoms with van der Waals surface area (Å²) in [5.41, 5.74) is 6.26. The van der Waals surface area contributed by atoms with Gasteiger partial charge < -0.3 is 18.1 Å². The third-order valence-electron chi connectivity index (χ3n) is 2.32. The van der Waals surface area contributed by atoms with Crippen molar-refractivity contribution in [1.82, 2.24) is 4.90 Å².